The van der Waals surface area contributed by atoms with Gasteiger partial charge < -0.3 is 25.2 Å². The van der Waals surface area contributed by atoms with E-state index in [4.69, 9.17) is 17.0 Å². The molecule has 1 aliphatic heterocycles. The molecule has 0 spiro atoms. The van der Waals surface area contributed by atoms with Crippen LogP contribution in [0.15, 0.2) is 42.5 Å². The number of rotatable bonds is 3. The third-order valence-corrected chi connectivity index (χ3v) is 5.10. The number of nitrogens with one attached hydrogen (secondary N) is 1. The molecule has 1 heterocycles. The molecule has 3 N–H and O–H groups in total. The van der Waals surface area contributed by atoms with Crippen molar-refractivity contribution in [3.05, 3.63) is 48.0 Å². The Morgan fingerprint density at radius 2 is 1.73 bits per heavy atom. The fourth-order valence-corrected chi connectivity index (χ4v) is 4.46. The molecule has 1 saturated heterocycles. The highest BCUT2D eigenvalue weighted by molar-refractivity contribution is 7.80. The zero-order valence-electron chi connectivity index (χ0n) is 15.4. The summed E-state index contributed by atoms with van der Waals surface area (Å²) in [6.07, 6.45) is 0.699. The number of phenolic OH excluding ortho intramolecular Hbond substituents is 2. The fraction of sp³-hybridized carbons (Fsp3) is 0.350. The van der Waals surface area contributed by atoms with Crippen LogP contribution in [-0.2, 0) is 5.54 Å². The van der Waals surface area contributed by atoms with Crippen LogP contribution in [0, 0.1) is 0 Å². The lowest BCUT2D eigenvalue weighted by Crippen LogP contribution is -2.65. The third kappa shape index (κ3) is 3.17. The normalized spacial score (nSPS) is 22.0. The van der Waals surface area contributed by atoms with Crippen LogP contribution in [0.25, 0.3) is 0 Å². The molecule has 0 radical (unpaired) electrons. The Morgan fingerprint density at radius 3 is 2.31 bits per heavy atom. The molecule has 26 heavy (non-hydrogen) atoms. The predicted octanol–water partition coefficient (Wildman–Crippen LogP) is 3.89. The van der Waals surface area contributed by atoms with Crippen molar-refractivity contribution in [1.29, 1.82) is 0 Å². The SMILES string of the molecule is COc1ccc(N2C(=S)NC(C)(C)C[C@@]2(C)c2ccc(O)cc2O)cc1. The highest BCUT2D eigenvalue weighted by Crippen LogP contribution is 2.46. The molecule has 2 aromatic rings. The van der Waals surface area contributed by atoms with Gasteiger partial charge in [-0.3, -0.25) is 0 Å². The van der Waals surface area contributed by atoms with E-state index in [-0.39, 0.29) is 17.0 Å². The average Bonchev–Trinajstić information content (AvgIpc) is 2.53. The number of hydrogen-bond acceptors (Lipinski definition) is 4. The first kappa shape index (κ1) is 18.3. The molecule has 1 fully saturated rings. The quantitative estimate of drug-likeness (QED) is 0.711. The van der Waals surface area contributed by atoms with Gasteiger partial charge in [0.1, 0.15) is 17.2 Å². The van der Waals surface area contributed by atoms with Gasteiger partial charge in [-0.25, -0.2) is 0 Å². The Hall–Kier alpha value is -2.47. The van der Waals surface area contributed by atoms with Crippen LogP contribution in [0.2, 0.25) is 0 Å². The van der Waals surface area contributed by atoms with E-state index in [1.807, 2.05) is 29.2 Å². The van der Waals surface area contributed by atoms with Crippen molar-refractivity contribution in [3.63, 3.8) is 0 Å². The number of methoxy groups -OCH3 is 1. The van der Waals surface area contributed by atoms with E-state index < -0.39 is 5.54 Å². The number of thiocarbonyl (C=S) groups is 1. The van der Waals surface area contributed by atoms with Crippen molar-refractivity contribution in [2.24, 2.45) is 0 Å². The molecular formula is C20H24N2O3S. The zero-order valence-corrected chi connectivity index (χ0v) is 16.2. The summed E-state index contributed by atoms with van der Waals surface area (Å²) in [5, 5.41) is 24.2. The molecule has 1 aliphatic rings. The van der Waals surface area contributed by atoms with Gasteiger partial charge in [0.15, 0.2) is 5.11 Å². The first-order valence-electron chi connectivity index (χ1n) is 8.45. The molecule has 6 heteroatoms. The summed E-state index contributed by atoms with van der Waals surface area (Å²) in [6, 6.07) is 12.4. The van der Waals surface area contributed by atoms with Gasteiger partial charge in [0.25, 0.3) is 0 Å². The van der Waals surface area contributed by atoms with E-state index in [9.17, 15) is 10.2 Å². The molecule has 5 nitrogen and oxygen atoms in total. The second-order valence-electron chi connectivity index (χ2n) is 7.50. The maximum Gasteiger partial charge on any atom is 0.174 e. The van der Waals surface area contributed by atoms with Crippen LogP contribution in [0.5, 0.6) is 17.2 Å². The topological polar surface area (TPSA) is 65.0 Å². The minimum Gasteiger partial charge on any atom is -0.508 e. The standard InChI is InChI=1S/C20H24N2O3S/c1-19(2)12-20(3,16-10-7-14(23)11-17(16)24)22(18(26)21-19)13-5-8-15(25-4)9-6-13/h5-11,23-24H,12H2,1-4H3,(H,21,26)/t20-/m0/s1. The predicted molar refractivity (Wildman–Crippen MR) is 107 cm³/mol. The van der Waals surface area contributed by atoms with Crippen molar-refractivity contribution >= 4 is 23.0 Å². The summed E-state index contributed by atoms with van der Waals surface area (Å²) in [6.45, 7) is 6.22. The van der Waals surface area contributed by atoms with Crippen molar-refractivity contribution in [2.75, 3.05) is 12.0 Å². The molecule has 1 atom stereocenters. The van der Waals surface area contributed by atoms with Gasteiger partial charge in [0.2, 0.25) is 0 Å². The Morgan fingerprint density at radius 1 is 1.08 bits per heavy atom. The van der Waals surface area contributed by atoms with Crippen molar-refractivity contribution < 1.29 is 14.9 Å². The Labute approximate surface area is 159 Å². The molecule has 3 rings (SSSR count). The third-order valence-electron chi connectivity index (χ3n) is 4.82. The summed E-state index contributed by atoms with van der Waals surface area (Å²) in [4.78, 5) is 2.01. The largest absolute Gasteiger partial charge is 0.508 e. The van der Waals surface area contributed by atoms with Crippen molar-refractivity contribution in [2.45, 2.75) is 38.3 Å². The first-order chi connectivity index (χ1) is 12.2. The maximum absolute atomic E-state index is 10.5. The Bertz CT molecular complexity index is 835. The molecular weight excluding hydrogens is 348 g/mol. The van der Waals surface area contributed by atoms with E-state index >= 15 is 0 Å². The lowest BCUT2D eigenvalue weighted by molar-refractivity contribution is 0.275. The second-order valence-corrected chi connectivity index (χ2v) is 7.89. The van der Waals surface area contributed by atoms with E-state index in [0.717, 1.165) is 11.4 Å². The van der Waals surface area contributed by atoms with E-state index in [0.29, 0.717) is 17.1 Å². The molecule has 0 amide bonds. The number of ether oxygens (including phenoxy) is 1. The van der Waals surface area contributed by atoms with Crippen LogP contribution < -0.4 is 15.0 Å². The summed E-state index contributed by atoms with van der Waals surface area (Å²) >= 11 is 5.69. The van der Waals surface area contributed by atoms with E-state index in [2.05, 4.69) is 26.1 Å². The van der Waals surface area contributed by atoms with Crippen molar-refractivity contribution in [3.8, 4) is 17.2 Å². The minimum absolute atomic E-state index is 0.0293. The van der Waals surface area contributed by atoms with Gasteiger partial charge in [-0.1, -0.05) is 0 Å². The monoisotopic (exact) mass is 372 g/mol. The van der Waals surface area contributed by atoms with Gasteiger partial charge in [0.05, 0.1) is 12.6 Å². The van der Waals surface area contributed by atoms with E-state index in [1.54, 1.807) is 19.2 Å². The van der Waals surface area contributed by atoms with Gasteiger partial charge >= 0.3 is 0 Å². The van der Waals surface area contributed by atoms with Crippen LogP contribution in [0.4, 0.5) is 5.69 Å². The van der Waals surface area contributed by atoms with Crippen LogP contribution in [0.3, 0.4) is 0 Å². The number of anilines is 1. The number of hydrogen-bond donors (Lipinski definition) is 3. The number of nitrogens with zero attached hydrogens (tertiary/aromatic N) is 1. The van der Waals surface area contributed by atoms with Crippen molar-refractivity contribution in [1.82, 2.24) is 5.32 Å². The highest BCUT2D eigenvalue weighted by Gasteiger charge is 2.47. The highest BCUT2D eigenvalue weighted by atomic mass is 32.1. The van der Waals surface area contributed by atoms with Gasteiger partial charge in [-0.2, -0.15) is 0 Å². The summed E-state index contributed by atoms with van der Waals surface area (Å²) in [5.74, 6) is 0.840. The van der Waals surface area contributed by atoms with Crippen LogP contribution >= 0.6 is 12.2 Å². The lowest BCUT2D eigenvalue weighted by atomic mass is 9.76. The molecule has 0 aromatic heterocycles. The number of benzene rings is 2. The number of phenols is 2. The minimum atomic E-state index is -0.599. The molecule has 0 aliphatic carbocycles. The molecule has 2 aromatic carbocycles. The van der Waals surface area contributed by atoms with Crippen LogP contribution in [0.1, 0.15) is 32.8 Å². The number of aromatic hydroxyl groups is 2. The molecule has 0 unspecified atom stereocenters. The summed E-state index contributed by atoms with van der Waals surface area (Å²) < 4.78 is 5.25. The second kappa shape index (κ2) is 6.36. The van der Waals surface area contributed by atoms with Gasteiger partial charge in [0, 0.05) is 22.9 Å². The van der Waals surface area contributed by atoms with Gasteiger partial charge in [-0.15, -0.1) is 0 Å². The fourth-order valence-electron chi connectivity index (χ4n) is 3.88. The van der Waals surface area contributed by atoms with E-state index in [1.165, 1.54) is 6.07 Å². The average molecular weight is 372 g/mol. The smallest absolute Gasteiger partial charge is 0.174 e. The maximum atomic E-state index is 10.5. The van der Waals surface area contributed by atoms with Crippen LogP contribution in [-0.4, -0.2) is 28.0 Å². The Kier molecular flexibility index (Phi) is 4.48. The zero-order chi connectivity index (χ0) is 19.1. The molecule has 138 valence electrons. The Balaban J connectivity index is 2.16. The first-order valence-corrected chi connectivity index (χ1v) is 8.86. The molecule has 0 bridgehead atoms. The molecule has 0 saturated carbocycles. The lowest BCUT2D eigenvalue weighted by Gasteiger charge is -2.53. The van der Waals surface area contributed by atoms with Gasteiger partial charge in [-0.05, 0) is 75.8 Å². The summed E-state index contributed by atoms with van der Waals surface area (Å²) in [7, 11) is 1.63. The summed E-state index contributed by atoms with van der Waals surface area (Å²) in [5.41, 5.74) is 0.758.